The Morgan fingerprint density at radius 1 is 0.730 bits per heavy atom. The average Bonchev–Trinajstić information content (AvgIpc) is 4.07. The molecule has 3 N–H and O–H groups in total. The van der Waals surface area contributed by atoms with Crippen LogP contribution in [-0.4, -0.2) is 84.5 Å². The Balaban J connectivity index is 1.18. The van der Waals surface area contributed by atoms with Crippen LogP contribution in [0.2, 0.25) is 23.2 Å². The third kappa shape index (κ3) is 12.0. The molecule has 0 aliphatic carbocycles. The average molecular weight is 1070 g/mol. The zero-order valence-corrected chi connectivity index (χ0v) is 46.8. The van der Waals surface area contributed by atoms with Crippen molar-refractivity contribution in [2.24, 2.45) is 0 Å². The van der Waals surface area contributed by atoms with Crippen LogP contribution in [0.25, 0.3) is 10.9 Å². The summed E-state index contributed by atoms with van der Waals surface area (Å²) < 4.78 is 51.4. The lowest BCUT2D eigenvalue weighted by Gasteiger charge is -2.45. The summed E-state index contributed by atoms with van der Waals surface area (Å²) in [5, 5.41) is 12.8. The molecule has 3 aromatic heterocycles. The number of para-hydroxylation sites is 1. The van der Waals surface area contributed by atoms with Crippen molar-refractivity contribution >= 4 is 46.5 Å². The first kappa shape index (κ1) is 54.9. The summed E-state index contributed by atoms with van der Waals surface area (Å²) >= 11 is 0. The van der Waals surface area contributed by atoms with Crippen molar-refractivity contribution in [2.75, 3.05) is 13.2 Å². The zero-order chi connectivity index (χ0) is 53.2. The molecule has 17 nitrogen and oxygen atoms in total. The Morgan fingerprint density at radius 2 is 1.26 bits per heavy atom. The normalized spacial score (nSPS) is 21.5. The third-order valence-electron chi connectivity index (χ3n) is 14.6. The molecule has 0 spiro atoms. The number of fused-ring (bicyclic) bond motifs is 1. The van der Waals surface area contributed by atoms with Crippen LogP contribution >= 0.6 is 8.60 Å². The van der Waals surface area contributed by atoms with Crippen LogP contribution in [0.15, 0.2) is 123 Å². The number of hydrogen-bond donors (Lipinski definition) is 3. The first-order chi connectivity index (χ1) is 35.1. The van der Waals surface area contributed by atoms with Crippen molar-refractivity contribution in [3.63, 3.8) is 0 Å². The van der Waals surface area contributed by atoms with Gasteiger partial charge in [-0.05, 0) is 64.9 Å². The summed E-state index contributed by atoms with van der Waals surface area (Å²) in [7, 11) is -7.98. The predicted molar refractivity (Wildman–Crippen MR) is 290 cm³/mol. The Kier molecular flexibility index (Phi) is 16.7. The number of nitrogens with one attached hydrogen (secondary N) is 3. The lowest BCUT2D eigenvalue weighted by molar-refractivity contribution is -0.0536. The van der Waals surface area contributed by atoms with Crippen LogP contribution in [0.4, 0.5) is 0 Å². The number of hydrogen-bond acceptors (Lipinski definition) is 12. The quantitative estimate of drug-likeness (QED) is 0.0522. The number of H-pyrrole nitrogens is 3. The number of ether oxygens (including phenoxy) is 2. The molecule has 394 valence electrons. The lowest BCUT2D eigenvalue weighted by Crippen LogP contribution is -2.68. The summed E-state index contributed by atoms with van der Waals surface area (Å²) in [6, 6.07) is 32.7. The van der Waals surface area contributed by atoms with Gasteiger partial charge in [0.05, 0.1) is 44.0 Å². The van der Waals surface area contributed by atoms with Gasteiger partial charge in [0.1, 0.15) is 24.7 Å². The van der Waals surface area contributed by atoms with Gasteiger partial charge in [0.2, 0.25) is 0 Å². The molecule has 3 aromatic carbocycles. The van der Waals surface area contributed by atoms with E-state index in [-0.39, 0.29) is 37.5 Å². The Morgan fingerprint density at radius 3 is 1.78 bits per heavy atom. The van der Waals surface area contributed by atoms with Crippen LogP contribution in [0, 0.1) is 25.2 Å². The van der Waals surface area contributed by atoms with E-state index in [9.17, 15) is 24.4 Å². The van der Waals surface area contributed by atoms with Gasteiger partial charge in [0.25, 0.3) is 19.4 Å². The van der Waals surface area contributed by atoms with E-state index >= 15 is 0 Å². The standard InChI is InChI=1S/C54H69N6O11PSi2/c1-35-31-59(51(63)57-49(35)61)47-29-43(46(68-47)34-66-73(9,10)53(3,4)5)70-72(69-39(25-26-55)28-38-27-37-19-17-18-24-42(37)56-38)65-33-45-44(30-48(67-45)60-32-36(2)50(62)58-52(60)64)71-74(54(6,7)8,40-20-13-11-14-21-40)41-22-15-12-16-23-41/h11-24,27,31-32,39,43-48,56H,25,28-30,33-34H2,1-10H3,(H,57,61,63)(H,58,62,64)/t39-,43+,44+,45-,46-,47-,48-,72?/m1/s1. The van der Waals surface area contributed by atoms with Crippen molar-refractivity contribution in [2.45, 2.75) is 147 Å². The summed E-state index contributed by atoms with van der Waals surface area (Å²) in [6.07, 6.45) is -1.75. The molecule has 0 amide bonds. The van der Waals surface area contributed by atoms with Gasteiger partial charge in [-0.25, -0.2) is 9.59 Å². The predicted octanol–water partition coefficient (Wildman–Crippen LogP) is 7.90. The SMILES string of the molecule is Cc1cn([C@H]2C[C@H](OP(OC[C@H]3O[C@@H](n4cc(C)c(=O)[nH]c4=O)C[C@@H]3O[Si](c3ccccc3)(c3ccccc3)C(C)(C)C)O[C@H](CC#N)Cc3cc4ccccc4[nH]3)[C@@H](CO[Si](C)(C)C(C)(C)C)O2)c(=O)[nH]c1=O. The lowest BCUT2D eigenvalue weighted by atomic mass is 10.1. The zero-order valence-electron chi connectivity index (χ0n) is 43.9. The molecular weight excluding hydrogens is 996 g/mol. The van der Waals surface area contributed by atoms with E-state index in [0.29, 0.717) is 17.5 Å². The molecule has 0 saturated carbocycles. The highest BCUT2D eigenvalue weighted by Crippen LogP contribution is 2.49. The van der Waals surface area contributed by atoms with Gasteiger partial charge in [-0.2, -0.15) is 5.26 Å². The van der Waals surface area contributed by atoms with Crippen LogP contribution < -0.4 is 32.9 Å². The number of benzene rings is 3. The minimum atomic E-state index is -3.25. The van der Waals surface area contributed by atoms with E-state index in [1.807, 2.05) is 66.7 Å². The van der Waals surface area contributed by atoms with Crippen molar-refractivity contribution in [3.8, 4) is 6.07 Å². The number of nitriles is 1. The molecule has 74 heavy (non-hydrogen) atoms. The van der Waals surface area contributed by atoms with Gasteiger partial charge in [0, 0.05) is 54.0 Å². The Hall–Kier alpha value is -5.37. The maximum Gasteiger partial charge on any atom is 0.333 e. The number of aromatic nitrogens is 5. The van der Waals surface area contributed by atoms with Gasteiger partial charge in [-0.15, -0.1) is 0 Å². The van der Waals surface area contributed by atoms with E-state index in [4.69, 9.17) is 31.9 Å². The third-order valence-corrected chi connectivity index (χ3v) is 25.4. The van der Waals surface area contributed by atoms with E-state index in [0.717, 1.165) is 27.0 Å². The Bertz CT molecular complexity index is 3100. The van der Waals surface area contributed by atoms with Crippen molar-refractivity contribution in [1.82, 2.24) is 24.1 Å². The fourth-order valence-electron chi connectivity index (χ4n) is 9.49. The molecule has 5 heterocycles. The molecule has 6 aromatic rings. The summed E-state index contributed by atoms with van der Waals surface area (Å²) in [6.45, 7) is 20.5. The highest BCUT2D eigenvalue weighted by atomic mass is 31.2. The van der Waals surface area contributed by atoms with Crippen molar-refractivity contribution in [3.05, 3.63) is 162 Å². The first-order valence-electron chi connectivity index (χ1n) is 25.1. The second-order valence-corrected chi connectivity index (χ2v) is 32.1. The molecule has 8 atom stereocenters. The first-order valence-corrected chi connectivity index (χ1v) is 31.1. The highest BCUT2D eigenvalue weighted by molar-refractivity contribution is 7.41. The van der Waals surface area contributed by atoms with Gasteiger partial charge in [0.15, 0.2) is 8.32 Å². The van der Waals surface area contributed by atoms with Crippen molar-refractivity contribution in [1.29, 1.82) is 5.26 Å². The largest absolute Gasteiger partial charge is 0.414 e. The second-order valence-electron chi connectivity index (χ2n) is 21.9. The Labute approximate surface area is 434 Å². The van der Waals surface area contributed by atoms with Gasteiger partial charge in [-0.1, -0.05) is 120 Å². The summed E-state index contributed by atoms with van der Waals surface area (Å²) in [5.41, 5.74) is 0.223. The molecule has 2 aliphatic heterocycles. The van der Waals surface area contributed by atoms with Crippen LogP contribution in [0.5, 0.6) is 0 Å². The fourth-order valence-corrected chi connectivity index (χ4v) is 16.5. The smallest absolute Gasteiger partial charge is 0.333 e. The van der Waals surface area contributed by atoms with Gasteiger partial charge < -0.3 is 36.9 Å². The molecule has 0 radical (unpaired) electrons. The maximum atomic E-state index is 13.6. The van der Waals surface area contributed by atoms with Crippen molar-refractivity contribution < 1.29 is 31.9 Å². The van der Waals surface area contributed by atoms with Crippen LogP contribution in [0.1, 0.15) is 90.1 Å². The minimum Gasteiger partial charge on any atom is -0.414 e. The number of aryl methyl sites for hydroxylation is 2. The highest BCUT2D eigenvalue weighted by Gasteiger charge is 2.54. The van der Waals surface area contributed by atoms with E-state index in [1.165, 1.54) is 21.5 Å². The topological polar surface area (TPSA) is 214 Å². The van der Waals surface area contributed by atoms with E-state index in [1.54, 1.807) is 13.8 Å². The molecule has 0 bridgehead atoms. The summed E-state index contributed by atoms with van der Waals surface area (Å²) in [5.74, 6) is 0. The fraction of sp³-hybridized carbons (Fsp3) is 0.463. The maximum absolute atomic E-state index is 13.6. The molecule has 20 heteroatoms. The molecule has 1 unspecified atom stereocenters. The molecule has 2 aliphatic rings. The van der Waals surface area contributed by atoms with Crippen LogP contribution in [0.3, 0.4) is 0 Å². The van der Waals surface area contributed by atoms with Crippen LogP contribution in [-0.2, 0) is 38.3 Å². The monoisotopic (exact) mass is 1060 g/mol. The second kappa shape index (κ2) is 22.5. The molecule has 2 saturated heterocycles. The number of rotatable bonds is 19. The molecule has 2 fully saturated rings. The molecule has 8 rings (SSSR count). The number of aromatic amines is 3. The van der Waals surface area contributed by atoms with E-state index in [2.05, 4.69) is 99.9 Å². The molecular formula is C54H69N6O11PSi2. The van der Waals surface area contributed by atoms with E-state index < -0.39 is 95.7 Å². The number of nitrogens with zero attached hydrogens (tertiary/aromatic N) is 3. The minimum absolute atomic E-state index is 0.00919. The summed E-state index contributed by atoms with van der Waals surface area (Å²) in [4.78, 5) is 60.3. The van der Waals surface area contributed by atoms with Gasteiger partial charge in [-0.3, -0.25) is 28.7 Å². The van der Waals surface area contributed by atoms with Gasteiger partial charge >= 0.3 is 20.0 Å².